The van der Waals surface area contributed by atoms with Gasteiger partial charge in [0.15, 0.2) is 0 Å². The van der Waals surface area contributed by atoms with Gasteiger partial charge in [0.1, 0.15) is 0 Å². The fraction of sp³-hybridized carbons (Fsp3) is 0.238. The van der Waals surface area contributed by atoms with Gasteiger partial charge in [-0.2, -0.15) is 5.10 Å². The summed E-state index contributed by atoms with van der Waals surface area (Å²) in [6.07, 6.45) is 4.12. The Bertz CT molecular complexity index is 853. The Hall–Kier alpha value is -2.88. The summed E-state index contributed by atoms with van der Waals surface area (Å²) in [5, 5.41) is 7.28. The molecule has 1 heterocycles. The highest BCUT2D eigenvalue weighted by Gasteiger charge is 2.07. The molecule has 0 atom stereocenters. The molecule has 0 fully saturated rings. The molecule has 0 saturated heterocycles. The summed E-state index contributed by atoms with van der Waals surface area (Å²) in [6.45, 7) is 5.38. The maximum atomic E-state index is 12.3. The second-order valence-electron chi connectivity index (χ2n) is 6.34. The Labute approximate surface area is 148 Å². The summed E-state index contributed by atoms with van der Waals surface area (Å²) >= 11 is 0. The van der Waals surface area contributed by atoms with Gasteiger partial charge in [0.05, 0.1) is 13.0 Å². The van der Waals surface area contributed by atoms with Crippen molar-refractivity contribution in [1.29, 1.82) is 0 Å². The van der Waals surface area contributed by atoms with Gasteiger partial charge in [0.25, 0.3) is 0 Å². The van der Waals surface area contributed by atoms with Gasteiger partial charge in [0.2, 0.25) is 5.91 Å². The van der Waals surface area contributed by atoms with E-state index in [0.29, 0.717) is 19.5 Å². The molecule has 1 aromatic heterocycles. The predicted octanol–water partition coefficient (Wildman–Crippen LogP) is 3.41. The fourth-order valence-electron chi connectivity index (χ4n) is 2.81. The highest BCUT2D eigenvalue weighted by Crippen LogP contribution is 2.12. The third kappa shape index (κ3) is 4.57. The fourth-order valence-corrected chi connectivity index (χ4v) is 2.81. The summed E-state index contributed by atoms with van der Waals surface area (Å²) in [7, 11) is 0. The quantitative estimate of drug-likeness (QED) is 0.751. The number of hydrogen-bond acceptors (Lipinski definition) is 2. The molecule has 0 saturated carbocycles. The number of carbonyl (C=O) groups is 1. The molecule has 1 N–H and O–H groups in total. The number of aromatic nitrogens is 2. The van der Waals surface area contributed by atoms with Gasteiger partial charge >= 0.3 is 0 Å². The van der Waals surface area contributed by atoms with Gasteiger partial charge in [-0.15, -0.1) is 0 Å². The van der Waals surface area contributed by atoms with E-state index in [2.05, 4.69) is 48.5 Å². The van der Waals surface area contributed by atoms with Crippen molar-refractivity contribution in [1.82, 2.24) is 15.1 Å². The van der Waals surface area contributed by atoms with Crippen LogP contribution in [0.2, 0.25) is 0 Å². The molecule has 0 spiro atoms. The van der Waals surface area contributed by atoms with Gasteiger partial charge in [0, 0.05) is 18.9 Å². The molecule has 1 amide bonds. The molecule has 25 heavy (non-hydrogen) atoms. The first-order chi connectivity index (χ1) is 12.1. The van der Waals surface area contributed by atoms with Gasteiger partial charge in [-0.3, -0.25) is 9.48 Å². The molecular weight excluding hydrogens is 310 g/mol. The number of rotatable bonds is 6. The zero-order valence-electron chi connectivity index (χ0n) is 14.7. The van der Waals surface area contributed by atoms with E-state index >= 15 is 0 Å². The van der Waals surface area contributed by atoms with E-state index in [-0.39, 0.29) is 5.91 Å². The van der Waals surface area contributed by atoms with Crippen LogP contribution in [-0.4, -0.2) is 15.7 Å². The van der Waals surface area contributed by atoms with Crippen LogP contribution in [0.25, 0.3) is 0 Å². The first-order valence-electron chi connectivity index (χ1n) is 8.49. The van der Waals surface area contributed by atoms with Crippen LogP contribution in [-0.2, 0) is 24.3 Å². The normalized spacial score (nSPS) is 10.6. The van der Waals surface area contributed by atoms with Crippen LogP contribution in [0.4, 0.5) is 0 Å². The number of carbonyl (C=O) groups excluding carboxylic acids is 1. The SMILES string of the molecule is Cc1ccc(CC(=O)NCc2ccccc2Cn2cccn2)cc1C. The number of benzene rings is 2. The molecule has 2 aromatic carbocycles. The molecule has 3 rings (SSSR count). The third-order valence-corrected chi connectivity index (χ3v) is 4.42. The summed E-state index contributed by atoms with van der Waals surface area (Å²) in [5.41, 5.74) is 5.79. The molecule has 3 aromatic rings. The number of nitrogens with zero attached hydrogens (tertiary/aromatic N) is 2. The van der Waals surface area contributed by atoms with E-state index in [0.717, 1.165) is 16.7 Å². The molecule has 0 aliphatic heterocycles. The van der Waals surface area contributed by atoms with Gasteiger partial charge in [-0.05, 0) is 47.7 Å². The standard InChI is InChI=1S/C21H23N3O/c1-16-8-9-18(12-17(16)2)13-21(25)22-14-19-6-3-4-7-20(19)15-24-11-5-10-23-24/h3-12H,13-15H2,1-2H3,(H,22,25). The molecule has 4 heteroatoms. The Balaban J connectivity index is 1.61. The molecule has 0 aliphatic carbocycles. The maximum absolute atomic E-state index is 12.3. The van der Waals surface area contributed by atoms with E-state index in [9.17, 15) is 4.79 Å². The topological polar surface area (TPSA) is 46.9 Å². The molecule has 128 valence electrons. The minimum atomic E-state index is 0.0390. The minimum absolute atomic E-state index is 0.0390. The van der Waals surface area contributed by atoms with E-state index in [1.165, 1.54) is 11.1 Å². The lowest BCUT2D eigenvalue weighted by Crippen LogP contribution is -2.25. The molecule has 0 unspecified atom stereocenters. The average Bonchev–Trinajstić information content (AvgIpc) is 3.10. The summed E-state index contributed by atoms with van der Waals surface area (Å²) in [6, 6.07) is 16.2. The molecule has 0 aliphatic rings. The lowest BCUT2D eigenvalue weighted by Gasteiger charge is -2.11. The van der Waals surface area contributed by atoms with Crippen molar-refractivity contribution in [3.8, 4) is 0 Å². The number of nitrogens with one attached hydrogen (secondary N) is 1. The summed E-state index contributed by atoms with van der Waals surface area (Å²) in [5.74, 6) is 0.0390. The highest BCUT2D eigenvalue weighted by atomic mass is 16.1. The van der Waals surface area contributed by atoms with Crippen LogP contribution < -0.4 is 5.32 Å². The maximum Gasteiger partial charge on any atom is 0.224 e. The lowest BCUT2D eigenvalue weighted by molar-refractivity contribution is -0.120. The largest absolute Gasteiger partial charge is 0.352 e. The van der Waals surface area contributed by atoms with Crippen molar-refractivity contribution in [2.45, 2.75) is 33.4 Å². The third-order valence-electron chi connectivity index (χ3n) is 4.42. The first kappa shape index (κ1) is 17.0. The van der Waals surface area contributed by atoms with Crippen molar-refractivity contribution in [2.24, 2.45) is 0 Å². The van der Waals surface area contributed by atoms with Gasteiger partial charge in [-0.25, -0.2) is 0 Å². The summed E-state index contributed by atoms with van der Waals surface area (Å²) < 4.78 is 1.88. The van der Waals surface area contributed by atoms with Crippen LogP contribution in [0, 0.1) is 13.8 Å². The van der Waals surface area contributed by atoms with Crippen molar-refractivity contribution < 1.29 is 4.79 Å². The van der Waals surface area contributed by atoms with Gasteiger partial charge in [-0.1, -0.05) is 42.5 Å². The smallest absolute Gasteiger partial charge is 0.224 e. The van der Waals surface area contributed by atoms with Gasteiger partial charge < -0.3 is 5.32 Å². The minimum Gasteiger partial charge on any atom is -0.352 e. The van der Waals surface area contributed by atoms with Crippen LogP contribution in [0.5, 0.6) is 0 Å². The van der Waals surface area contributed by atoms with Crippen molar-refractivity contribution in [2.75, 3.05) is 0 Å². The van der Waals surface area contributed by atoms with E-state index in [1.807, 2.05) is 35.1 Å². The average molecular weight is 333 g/mol. The zero-order valence-corrected chi connectivity index (χ0v) is 14.7. The van der Waals surface area contributed by atoms with Crippen molar-refractivity contribution in [3.05, 3.63) is 88.7 Å². The molecule has 4 nitrogen and oxygen atoms in total. The highest BCUT2D eigenvalue weighted by molar-refractivity contribution is 5.78. The van der Waals surface area contributed by atoms with Crippen LogP contribution in [0.1, 0.15) is 27.8 Å². The predicted molar refractivity (Wildman–Crippen MR) is 99.2 cm³/mol. The molecule has 0 radical (unpaired) electrons. The number of amides is 1. The summed E-state index contributed by atoms with van der Waals surface area (Å²) in [4.78, 5) is 12.3. The number of aryl methyl sites for hydroxylation is 2. The van der Waals surface area contributed by atoms with E-state index in [1.54, 1.807) is 6.20 Å². The van der Waals surface area contributed by atoms with Crippen LogP contribution in [0.15, 0.2) is 60.9 Å². The van der Waals surface area contributed by atoms with Crippen molar-refractivity contribution in [3.63, 3.8) is 0 Å². The van der Waals surface area contributed by atoms with E-state index in [4.69, 9.17) is 0 Å². The van der Waals surface area contributed by atoms with Crippen molar-refractivity contribution >= 4 is 5.91 Å². The second kappa shape index (κ2) is 7.79. The number of hydrogen-bond donors (Lipinski definition) is 1. The monoisotopic (exact) mass is 333 g/mol. The lowest BCUT2D eigenvalue weighted by atomic mass is 10.0. The first-order valence-corrected chi connectivity index (χ1v) is 8.49. The molecule has 0 bridgehead atoms. The van der Waals surface area contributed by atoms with Crippen LogP contribution in [0.3, 0.4) is 0 Å². The Morgan fingerprint density at radius 3 is 2.56 bits per heavy atom. The Morgan fingerprint density at radius 2 is 1.84 bits per heavy atom. The van der Waals surface area contributed by atoms with E-state index < -0.39 is 0 Å². The second-order valence-corrected chi connectivity index (χ2v) is 6.34. The Kier molecular flexibility index (Phi) is 5.29. The molecular formula is C21H23N3O. The Morgan fingerprint density at radius 1 is 1.04 bits per heavy atom. The van der Waals surface area contributed by atoms with Crippen LogP contribution >= 0.6 is 0 Å². The zero-order chi connectivity index (χ0) is 17.6.